The molecule has 4 aliphatic heterocycles. The number of methoxy groups -OCH3 is 1. The first-order valence-electron chi connectivity index (χ1n) is 28.4. The van der Waals surface area contributed by atoms with E-state index < -0.39 is 188 Å². The molecule has 0 radical (unpaired) electrons. The van der Waals surface area contributed by atoms with E-state index in [2.05, 4.69) is 40.7 Å². The van der Waals surface area contributed by atoms with Gasteiger partial charge in [0.2, 0.25) is 0 Å². The molecule has 15 N–H and O–H groups in total. The number of fused-ring (bicyclic) bond motifs is 7. The lowest BCUT2D eigenvalue weighted by atomic mass is 9.32. The third-order valence-electron chi connectivity index (χ3n) is 21.9. The first-order chi connectivity index (χ1) is 37.1. The fraction of sp³-hybridized carbons (Fsp3) is 0.964. The zero-order valence-corrected chi connectivity index (χ0v) is 46.7. The lowest BCUT2D eigenvalue weighted by molar-refractivity contribution is -0.398. The number of ether oxygens (including phenoxy) is 9. The molecule has 0 bridgehead atoms. The Labute approximate surface area is 461 Å². The Kier molecular flexibility index (Phi) is 18.1. The maximum atomic E-state index is 11.9. The Balaban J connectivity index is 1.06. The molecule has 79 heavy (non-hydrogen) atoms. The largest absolute Gasteiger partial charge is 0.396 e. The number of hydrogen-bond acceptors (Lipinski definition) is 24. The van der Waals surface area contributed by atoms with E-state index in [1.807, 2.05) is 6.92 Å². The topological polar surface area (TPSA) is 387 Å². The van der Waals surface area contributed by atoms with E-state index in [4.69, 9.17) is 42.6 Å². The molecule has 0 aromatic carbocycles. The van der Waals surface area contributed by atoms with Crippen LogP contribution >= 0.6 is 0 Å². The van der Waals surface area contributed by atoms with Gasteiger partial charge in [-0.25, -0.2) is 0 Å². The molecule has 456 valence electrons. The molecular formula is C55H92O24. The Bertz CT molecular complexity index is 2120. The van der Waals surface area contributed by atoms with Crippen LogP contribution in [0.25, 0.3) is 0 Å². The maximum absolute atomic E-state index is 11.9. The normalized spacial score (nSPS) is 55.6. The minimum atomic E-state index is -1.94. The summed E-state index contributed by atoms with van der Waals surface area (Å²) in [6.07, 6.45) is -28.0. The summed E-state index contributed by atoms with van der Waals surface area (Å²) in [6, 6.07) is 0. The number of aliphatic hydroxyl groups is 15. The van der Waals surface area contributed by atoms with Gasteiger partial charge in [-0.1, -0.05) is 53.2 Å². The number of hydrogen-bond donors (Lipinski definition) is 15. The molecule has 4 saturated heterocycles. The molecule has 24 nitrogen and oxygen atoms in total. The molecule has 0 spiro atoms. The third kappa shape index (κ3) is 10.0. The smallest absolute Gasteiger partial charge is 0.187 e. The summed E-state index contributed by atoms with van der Waals surface area (Å²) in [5.74, 6) is -0.702. The van der Waals surface area contributed by atoms with Crippen molar-refractivity contribution in [2.24, 2.45) is 50.2 Å². The van der Waals surface area contributed by atoms with Crippen LogP contribution in [0.2, 0.25) is 0 Å². The molecule has 9 aliphatic rings. The molecule has 0 aromatic rings. The molecule has 8 fully saturated rings. The van der Waals surface area contributed by atoms with Crippen molar-refractivity contribution in [3.63, 3.8) is 0 Å². The van der Waals surface area contributed by atoms with E-state index in [0.717, 1.165) is 12.0 Å². The van der Waals surface area contributed by atoms with Gasteiger partial charge >= 0.3 is 0 Å². The van der Waals surface area contributed by atoms with Crippen molar-refractivity contribution in [2.75, 3.05) is 40.1 Å². The van der Waals surface area contributed by atoms with Crippen LogP contribution in [0.15, 0.2) is 11.6 Å². The molecule has 4 heterocycles. The minimum Gasteiger partial charge on any atom is -0.396 e. The molecule has 0 amide bonds. The molecule has 9 rings (SSSR count). The highest BCUT2D eigenvalue weighted by atomic mass is 16.8. The van der Waals surface area contributed by atoms with E-state index in [-0.39, 0.29) is 36.4 Å². The van der Waals surface area contributed by atoms with Gasteiger partial charge in [-0.3, -0.25) is 0 Å². The lowest BCUT2D eigenvalue weighted by Crippen LogP contribution is -2.71. The van der Waals surface area contributed by atoms with E-state index >= 15 is 0 Å². The van der Waals surface area contributed by atoms with Crippen molar-refractivity contribution in [3.05, 3.63) is 11.6 Å². The van der Waals surface area contributed by atoms with Crippen molar-refractivity contribution < 1.29 is 119 Å². The first kappa shape index (κ1) is 62.3. The SMILES string of the molecule is CO[C@@H]1C=C2[C@H]3CC(C)(C)CC[C@]3(CO)[C@@H](O[C@@H]3O[C@H](CO)[C@@H](O)[C@H](O)[C@H]3O)C[C@@]2(C)[C@]2(C)CC[C@H]3[C@](C)(CO)[C@@H](O[C@@H]4O[C@H](C)[C@H](O)[C@H](O[C@@H]5O[C@H](CO)[C@@H](O)[C@H](O)[C@H]5O)[C@H]4O[C@@H]4O[C@H](CO)[C@@H](O)[C@H](O)[C@H]4O)CC[C@]3(C)[C@@H]12. The van der Waals surface area contributed by atoms with E-state index in [0.29, 0.717) is 44.9 Å². The zero-order chi connectivity index (χ0) is 57.9. The van der Waals surface area contributed by atoms with Gasteiger partial charge in [0.15, 0.2) is 25.2 Å². The lowest BCUT2D eigenvalue weighted by Gasteiger charge is -2.73. The van der Waals surface area contributed by atoms with Crippen LogP contribution < -0.4 is 0 Å². The second-order valence-corrected chi connectivity index (χ2v) is 26.6. The van der Waals surface area contributed by atoms with Crippen molar-refractivity contribution in [3.8, 4) is 0 Å². The highest BCUT2D eigenvalue weighted by Gasteiger charge is 2.73. The Morgan fingerprint density at radius 1 is 0.519 bits per heavy atom. The van der Waals surface area contributed by atoms with Gasteiger partial charge in [-0.2, -0.15) is 0 Å². The minimum absolute atomic E-state index is 0.135. The number of rotatable bonds is 14. The van der Waals surface area contributed by atoms with Gasteiger partial charge < -0.3 is 119 Å². The second-order valence-electron chi connectivity index (χ2n) is 26.6. The second kappa shape index (κ2) is 22.9. The predicted molar refractivity (Wildman–Crippen MR) is 270 cm³/mol. The summed E-state index contributed by atoms with van der Waals surface area (Å²) < 4.78 is 56.9. The van der Waals surface area contributed by atoms with Gasteiger partial charge in [0, 0.05) is 23.9 Å². The highest BCUT2D eigenvalue weighted by Crippen LogP contribution is 2.76. The fourth-order valence-electron chi connectivity index (χ4n) is 16.9. The predicted octanol–water partition coefficient (Wildman–Crippen LogP) is -2.97. The molecule has 31 atom stereocenters. The van der Waals surface area contributed by atoms with E-state index in [1.54, 1.807) is 7.11 Å². The van der Waals surface area contributed by atoms with Crippen LogP contribution in [0.3, 0.4) is 0 Å². The van der Waals surface area contributed by atoms with Crippen LogP contribution in [-0.4, -0.2) is 258 Å². The van der Waals surface area contributed by atoms with Crippen molar-refractivity contribution in [2.45, 2.75) is 241 Å². The van der Waals surface area contributed by atoms with Gasteiger partial charge in [0.25, 0.3) is 0 Å². The summed E-state index contributed by atoms with van der Waals surface area (Å²) in [4.78, 5) is 0. The average Bonchev–Trinajstić information content (AvgIpc) is 2.95. The van der Waals surface area contributed by atoms with Crippen molar-refractivity contribution in [1.82, 2.24) is 0 Å². The summed E-state index contributed by atoms with van der Waals surface area (Å²) >= 11 is 0. The highest BCUT2D eigenvalue weighted by molar-refractivity contribution is 5.37. The van der Waals surface area contributed by atoms with Gasteiger partial charge in [0.1, 0.15) is 91.6 Å². The van der Waals surface area contributed by atoms with E-state index in [9.17, 15) is 76.6 Å². The van der Waals surface area contributed by atoms with Crippen LogP contribution in [0.1, 0.15) is 99.8 Å². The Hall–Kier alpha value is -1.22. The Morgan fingerprint density at radius 3 is 1.52 bits per heavy atom. The molecule has 0 aromatic heterocycles. The first-order valence-corrected chi connectivity index (χ1v) is 28.4. The van der Waals surface area contributed by atoms with Crippen LogP contribution in [0.5, 0.6) is 0 Å². The summed E-state index contributed by atoms with van der Waals surface area (Å²) in [7, 11) is 1.70. The zero-order valence-electron chi connectivity index (χ0n) is 46.7. The Morgan fingerprint density at radius 2 is 1.03 bits per heavy atom. The van der Waals surface area contributed by atoms with Crippen LogP contribution in [0, 0.1) is 50.2 Å². The van der Waals surface area contributed by atoms with Crippen LogP contribution in [0.4, 0.5) is 0 Å². The number of aliphatic hydroxyl groups excluding tert-OH is 15. The third-order valence-corrected chi connectivity index (χ3v) is 21.9. The summed E-state index contributed by atoms with van der Waals surface area (Å²) in [5.41, 5.74) is -2.65. The molecule has 24 heteroatoms. The van der Waals surface area contributed by atoms with Gasteiger partial charge in [0.05, 0.1) is 57.5 Å². The van der Waals surface area contributed by atoms with Crippen molar-refractivity contribution >= 4 is 0 Å². The standard InChI is InChI=1S/C55H92O24/c1-23-33(61)43(78-47-41(69)38(66)35(63)28(19-57)74-47)44(79-48-42(70)39(67)36(64)29(20-58)75-48)49(72-23)76-31-10-11-51(4)30(52(31,5)21-59)9-12-53(6)45(51)26(71-8)15-24-25-16-50(2,3)13-14-55(25,22-60)32(17-54(24,53)7)77-46-40(68)37(65)34(62)27(18-56)73-46/h15,23,25-49,56-70H,9-14,16-22H2,1-8H3/t23-,25-,26-,27-,28-,29-,30-,31+,32+,33+,34-,35-,36-,37+,38+,39+,40-,41-,42-,43+,44-,45-,46+,47+,48+,49+,51+,52+,53-,54-,55-/m1/s1. The van der Waals surface area contributed by atoms with E-state index in [1.165, 1.54) is 6.92 Å². The summed E-state index contributed by atoms with van der Waals surface area (Å²) in [5, 5.41) is 164. The quantitative estimate of drug-likeness (QED) is 0.0610. The molecule has 4 saturated carbocycles. The molecular weight excluding hydrogens is 1040 g/mol. The number of allylic oxidation sites excluding steroid dienone is 1. The fourth-order valence-corrected chi connectivity index (χ4v) is 16.9. The molecule has 0 unspecified atom stereocenters. The maximum Gasteiger partial charge on any atom is 0.187 e. The summed E-state index contributed by atoms with van der Waals surface area (Å²) in [6.45, 7) is 11.8. The van der Waals surface area contributed by atoms with Crippen LogP contribution in [-0.2, 0) is 42.6 Å². The van der Waals surface area contributed by atoms with Gasteiger partial charge in [-0.05, 0) is 91.8 Å². The molecule has 5 aliphatic carbocycles. The van der Waals surface area contributed by atoms with Crippen molar-refractivity contribution in [1.29, 1.82) is 0 Å². The van der Waals surface area contributed by atoms with Gasteiger partial charge in [-0.15, -0.1) is 0 Å². The average molecular weight is 1140 g/mol. The monoisotopic (exact) mass is 1140 g/mol.